The highest BCUT2D eigenvalue weighted by atomic mass is 35.5. The van der Waals surface area contributed by atoms with Gasteiger partial charge in [-0.2, -0.15) is 5.10 Å². The summed E-state index contributed by atoms with van der Waals surface area (Å²) in [6.07, 6.45) is 1.77. The van der Waals surface area contributed by atoms with E-state index >= 15 is 0 Å². The van der Waals surface area contributed by atoms with Crippen LogP contribution in [0.25, 0.3) is 22.9 Å². The van der Waals surface area contributed by atoms with Gasteiger partial charge in [-0.05, 0) is 42.5 Å². The molecule has 0 radical (unpaired) electrons. The van der Waals surface area contributed by atoms with E-state index in [-0.39, 0.29) is 5.91 Å². The second kappa shape index (κ2) is 6.81. The Kier molecular flexibility index (Phi) is 4.33. The van der Waals surface area contributed by atoms with Gasteiger partial charge in [0.15, 0.2) is 11.5 Å². The standard InChI is InChI=1S/C20H16ClN3O3/c1-26-18-6-3-11(7-19(18)27-2)16-10-13(23-24-16)9-15-14-5-4-12(21)8-17(14)22-20(15)25/h3-10H,1-2H3,(H,22,25)(H,23,24)/b15-9-. The number of H-pyrrole nitrogens is 1. The third kappa shape index (κ3) is 3.15. The first-order valence-corrected chi connectivity index (χ1v) is 8.57. The predicted octanol–water partition coefficient (Wildman–Crippen LogP) is 4.24. The molecule has 2 aromatic carbocycles. The topological polar surface area (TPSA) is 76.2 Å². The molecule has 0 atom stereocenters. The number of anilines is 1. The largest absolute Gasteiger partial charge is 0.493 e. The molecular weight excluding hydrogens is 366 g/mol. The van der Waals surface area contributed by atoms with Gasteiger partial charge in [0, 0.05) is 16.1 Å². The van der Waals surface area contributed by atoms with Crippen molar-refractivity contribution in [3.05, 3.63) is 58.7 Å². The van der Waals surface area contributed by atoms with Crippen LogP contribution in [0, 0.1) is 0 Å². The molecule has 1 aliphatic heterocycles. The number of halogens is 1. The molecule has 0 unspecified atom stereocenters. The summed E-state index contributed by atoms with van der Waals surface area (Å²) in [4.78, 5) is 12.3. The third-order valence-electron chi connectivity index (χ3n) is 4.34. The summed E-state index contributed by atoms with van der Waals surface area (Å²) in [5.41, 5.74) is 4.40. The second-order valence-corrected chi connectivity index (χ2v) is 6.42. The number of aromatic amines is 1. The van der Waals surface area contributed by atoms with Crippen LogP contribution >= 0.6 is 11.6 Å². The average molecular weight is 382 g/mol. The summed E-state index contributed by atoms with van der Waals surface area (Å²) in [6.45, 7) is 0. The SMILES string of the molecule is COc1ccc(-c2cc(/C=C3\C(=O)Nc4cc(Cl)ccc43)[nH]n2)cc1OC. The summed E-state index contributed by atoms with van der Waals surface area (Å²) >= 11 is 5.99. The van der Waals surface area contributed by atoms with Crippen molar-refractivity contribution in [2.24, 2.45) is 0 Å². The minimum absolute atomic E-state index is 0.172. The molecule has 7 heteroatoms. The maximum absolute atomic E-state index is 12.3. The van der Waals surface area contributed by atoms with Gasteiger partial charge in [0.05, 0.1) is 36.9 Å². The fraction of sp³-hybridized carbons (Fsp3) is 0.100. The molecule has 136 valence electrons. The Morgan fingerprint density at radius 1 is 1.04 bits per heavy atom. The average Bonchev–Trinajstić information content (AvgIpc) is 3.26. The number of carbonyl (C=O) groups is 1. The van der Waals surface area contributed by atoms with Crippen LogP contribution in [0.1, 0.15) is 11.3 Å². The molecule has 1 aromatic heterocycles. The molecule has 3 aromatic rings. The molecular formula is C20H16ClN3O3. The van der Waals surface area contributed by atoms with E-state index in [2.05, 4.69) is 15.5 Å². The van der Waals surface area contributed by atoms with Crippen molar-refractivity contribution in [3.63, 3.8) is 0 Å². The molecule has 0 saturated carbocycles. The Bertz CT molecular complexity index is 1070. The highest BCUT2D eigenvalue weighted by molar-refractivity contribution is 6.36. The number of carbonyl (C=O) groups excluding carboxylic acids is 1. The van der Waals surface area contributed by atoms with Gasteiger partial charge in [-0.3, -0.25) is 9.89 Å². The maximum atomic E-state index is 12.3. The van der Waals surface area contributed by atoms with Gasteiger partial charge in [0.2, 0.25) is 0 Å². The summed E-state index contributed by atoms with van der Waals surface area (Å²) in [5, 5.41) is 10.7. The van der Waals surface area contributed by atoms with Crippen LogP contribution in [0.15, 0.2) is 42.5 Å². The Morgan fingerprint density at radius 2 is 1.85 bits per heavy atom. The lowest BCUT2D eigenvalue weighted by atomic mass is 10.1. The van der Waals surface area contributed by atoms with Gasteiger partial charge in [0.25, 0.3) is 5.91 Å². The first kappa shape index (κ1) is 17.2. The van der Waals surface area contributed by atoms with Crippen LogP contribution in [0.2, 0.25) is 5.02 Å². The Hall–Kier alpha value is -3.25. The number of nitrogens with zero attached hydrogens (tertiary/aromatic N) is 1. The van der Waals surface area contributed by atoms with E-state index in [1.807, 2.05) is 30.3 Å². The van der Waals surface area contributed by atoms with Gasteiger partial charge in [-0.1, -0.05) is 17.7 Å². The first-order valence-electron chi connectivity index (χ1n) is 8.20. The van der Waals surface area contributed by atoms with Crippen LogP contribution < -0.4 is 14.8 Å². The van der Waals surface area contributed by atoms with Gasteiger partial charge in [-0.15, -0.1) is 0 Å². The molecule has 2 heterocycles. The van der Waals surface area contributed by atoms with Gasteiger partial charge in [-0.25, -0.2) is 0 Å². The summed E-state index contributed by atoms with van der Waals surface area (Å²) < 4.78 is 10.6. The second-order valence-electron chi connectivity index (χ2n) is 5.98. The Labute approximate surface area is 160 Å². The van der Waals surface area contributed by atoms with Crippen molar-refractivity contribution >= 4 is 34.8 Å². The van der Waals surface area contributed by atoms with Crippen LogP contribution in [-0.4, -0.2) is 30.3 Å². The highest BCUT2D eigenvalue weighted by Gasteiger charge is 2.24. The third-order valence-corrected chi connectivity index (χ3v) is 4.58. The van der Waals surface area contributed by atoms with E-state index in [9.17, 15) is 4.79 Å². The van der Waals surface area contributed by atoms with Gasteiger partial charge < -0.3 is 14.8 Å². The van der Waals surface area contributed by atoms with Crippen LogP contribution in [0.3, 0.4) is 0 Å². The molecule has 2 N–H and O–H groups in total. The number of methoxy groups -OCH3 is 2. The van der Waals surface area contributed by atoms with Crippen LogP contribution in [0.4, 0.5) is 5.69 Å². The molecule has 0 fully saturated rings. The van der Waals surface area contributed by atoms with Crippen molar-refractivity contribution in [2.45, 2.75) is 0 Å². The molecule has 0 bridgehead atoms. The number of nitrogens with one attached hydrogen (secondary N) is 2. The van der Waals surface area contributed by atoms with Gasteiger partial charge in [0.1, 0.15) is 0 Å². The van der Waals surface area contributed by atoms with E-state index in [0.717, 1.165) is 16.8 Å². The summed E-state index contributed by atoms with van der Waals surface area (Å²) in [7, 11) is 3.18. The molecule has 0 spiro atoms. The van der Waals surface area contributed by atoms with Crippen LogP contribution in [0.5, 0.6) is 11.5 Å². The van der Waals surface area contributed by atoms with Crippen molar-refractivity contribution in [2.75, 3.05) is 19.5 Å². The van der Waals surface area contributed by atoms with Crippen LogP contribution in [-0.2, 0) is 4.79 Å². The minimum atomic E-state index is -0.172. The van der Waals surface area contributed by atoms with E-state index in [1.54, 1.807) is 32.4 Å². The van der Waals surface area contributed by atoms with E-state index in [0.29, 0.717) is 33.5 Å². The number of rotatable bonds is 4. The molecule has 0 saturated heterocycles. The fourth-order valence-corrected chi connectivity index (χ4v) is 3.19. The predicted molar refractivity (Wildman–Crippen MR) is 105 cm³/mol. The summed E-state index contributed by atoms with van der Waals surface area (Å²) in [6, 6.07) is 12.8. The molecule has 1 amide bonds. The zero-order valence-electron chi connectivity index (χ0n) is 14.7. The lowest BCUT2D eigenvalue weighted by molar-refractivity contribution is -0.110. The number of hydrogen-bond donors (Lipinski definition) is 2. The van der Waals surface area contributed by atoms with Crippen molar-refractivity contribution in [3.8, 4) is 22.8 Å². The number of aromatic nitrogens is 2. The normalized spacial score (nSPS) is 14.2. The molecule has 1 aliphatic rings. The lowest BCUT2D eigenvalue weighted by Gasteiger charge is -2.08. The molecule has 0 aliphatic carbocycles. The fourth-order valence-electron chi connectivity index (χ4n) is 3.02. The number of hydrogen-bond acceptors (Lipinski definition) is 4. The lowest BCUT2D eigenvalue weighted by Crippen LogP contribution is -2.03. The molecule has 27 heavy (non-hydrogen) atoms. The zero-order chi connectivity index (χ0) is 19.0. The quantitative estimate of drug-likeness (QED) is 0.663. The van der Waals surface area contributed by atoms with E-state index < -0.39 is 0 Å². The minimum Gasteiger partial charge on any atom is -0.493 e. The zero-order valence-corrected chi connectivity index (χ0v) is 15.4. The van der Waals surface area contributed by atoms with E-state index in [4.69, 9.17) is 21.1 Å². The molecule has 6 nitrogen and oxygen atoms in total. The first-order chi connectivity index (χ1) is 13.1. The Balaban J connectivity index is 1.68. The van der Waals surface area contributed by atoms with Crippen molar-refractivity contribution in [1.29, 1.82) is 0 Å². The summed E-state index contributed by atoms with van der Waals surface area (Å²) in [5.74, 6) is 1.10. The highest BCUT2D eigenvalue weighted by Crippen LogP contribution is 2.35. The Morgan fingerprint density at radius 3 is 2.63 bits per heavy atom. The monoisotopic (exact) mass is 381 g/mol. The van der Waals surface area contributed by atoms with Gasteiger partial charge >= 0.3 is 0 Å². The maximum Gasteiger partial charge on any atom is 0.256 e. The number of benzene rings is 2. The molecule has 4 rings (SSSR count). The smallest absolute Gasteiger partial charge is 0.256 e. The van der Waals surface area contributed by atoms with Crippen molar-refractivity contribution in [1.82, 2.24) is 10.2 Å². The number of ether oxygens (including phenoxy) is 2. The number of fused-ring (bicyclic) bond motifs is 1. The van der Waals surface area contributed by atoms with E-state index in [1.165, 1.54) is 0 Å². The van der Waals surface area contributed by atoms with Crippen molar-refractivity contribution < 1.29 is 14.3 Å². The number of amides is 1.